The molecule has 1 saturated heterocycles. The van der Waals surface area contributed by atoms with E-state index in [0.29, 0.717) is 6.10 Å². The summed E-state index contributed by atoms with van der Waals surface area (Å²) in [5.74, 6) is 0. The second-order valence-electron chi connectivity index (χ2n) is 3.51. The van der Waals surface area contributed by atoms with Crippen LogP contribution >= 0.6 is 11.6 Å². The van der Waals surface area contributed by atoms with Crippen molar-refractivity contribution in [3.05, 3.63) is 34.9 Å². The Labute approximate surface area is 89.2 Å². The third kappa shape index (κ3) is 2.08. The summed E-state index contributed by atoms with van der Waals surface area (Å²) < 4.78 is 5.78. The lowest BCUT2D eigenvalue weighted by molar-refractivity contribution is 0.0394. The van der Waals surface area contributed by atoms with E-state index in [0.717, 1.165) is 23.6 Å². The number of nitrogens with one attached hydrogen (secondary N) is 1. The maximum atomic E-state index is 5.91. The average Bonchev–Trinajstić information content (AvgIpc) is 2.66. The second kappa shape index (κ2) is 4.30. The molecular weight excluding hydrogens is 198 g/mol. The predicted molar refractivity (Wildman–Crippen MR) is 57.4 cm³/mol. The summed E-state index contributed by atoms with van der Waals surface area (Å²) in [7, 11) is 0. The van der Waals surface area contributed by atoms with Crippen LogP contribution in [0.15, 0.2) is 24.3 Å². The van der Waals surface area contributed by atoms with Crippen molar-refractivity contribution in [1.82, 2.24) is 5.32 Å². The van der Waals surface area contributed by atoms with E-state index in [1.54, 1.807) is 0 Å². The van der Waals surface area contributed by atoms with Crippen LogP contribution < -0.4 is 5.32 Å². The molecule has 1 N–H and O–H groups in total. The molecule has 1 aliphatic heterocycles. The smallest absolute Gasteiger partial charge is 0.134 e. The van der Waals surface area contributed by atoms with Crippen molar-refractivity contribution in [2.75, 3.05) is 6.54 Å². The van der Waals surface area contributed by atoms with Gasteiger partial charge in [-0.05, 0) is 24.1 Å². The van der Waals surface area contributed by atoms with Crippen LogP contribution in [-0.2, 0) is 4.74 Å². The molecule has 2 rings (SSSR count). The van der Waals surface area contributed by atoms with E-state index in [9.17, 15) is 0 Å². The first kappa shape index (κ1) is 9.97. The van der Waals surface area contributed by atoms with Crippen molar-refractivity contribution in [3.63, 3.8) is 0 Å². The normalized spacial score (nSPS) is 26.7. The summed E-state index contributed by atoms with van der Waals surface area (Å²) in [6, 6.07) is 7.79. The van der Waals surface area contributed by atoms with Crippen molar-refractivity contribution >= 4 is 11.6 Å². The fourth-order valence-electron chi connectivity index (χ4n) is 1.63. The minimum atomic E-state index is 0.0126. The summed E-state index contributed by atoms with van der Waals surface area (Å²) in [5, 5.41) is 4.08. The third-order valence-corrected chi connectivity index (χ3v) is 2.70. The Hall–Kier alpha value is -0.570. The summed E-state index contributed by atoms with van der Waals surface area (Å²) in [6.45, 7) is 3.06. The number of hydrogen-bond acceptors (Lipinski definition) is 2. The molecule has 2 atom stereocenters. The van der Waals surface area contributed by atoms with E-state index >= 15 is 0 Å². The standard InChI is InChI=1S/C11H14ClNO/c1-2-10-7-13-11(14-10)8-4-3-5-9(12)6-8/h3-6,10-11,13H,2,7H2,1H3. The largest absolute Gasteiger partial charge is 0.355 e. The predicted octanol–water partition coefficient (Wildman–Crippen LogP) is 2.74. The fraction of sp³-hybridized carbons (Fsp3) is 0.455. The van der Waals surface area contributed by atoms with Crippen LogP contribution in [-0.4, -0.2) is 12.6 Å². The first-order valence-electron chi connectivity index (χ1n) is 4.94. The number of rotatable bonds is 2. The van der Waals surface area contributed by atoms with Crippen LogP contribution in [0.4, 0.5) is 0 Å². The second-order valence-corrected chi connectivity index (χ2v) is 3.95. The Morgan fingerprint density at radius 1 is 1.57 bits per heavy atom. The molecule has 1 aromatic carbocycles. The van der Waals surface area contributed by atoms with E-state index in [1.807, 2.05) is 24.3 Å². The molecule has 1 aliphatic rings. The zero-order valence-electron chi connectivity index (χ0n) is 8.16. The maximum Gasteiger partial charge on any atom is 0.134 e. The molecule has 2 nitrogen and oxygen atoms in total. The topological polar surface area (TPSA) is 21.3 Å². The lowest BCUT2D eigenvalue weighted by Crippen LogP contribution is -2.14. The van der Waals surface area contributed by atoms with Gasteiger partial charge in [0.2, 0.25) is 0 Å². The van der Waals surface area contributed by atoms with E-state index < -0.39 is 0 Å². The van der Waals surface area contributed by atoms with Gasteiger partial charge in [0.15, 0.2) is 0 Å². The van der Waals surface area contributed by atoms with Gasteiger partial charge in [0, 0.05) is 11.6 Å². The Balaban J connectivity index is 2.09. The van der Waals surface area contributed by atoms with Gasteiger partial charge in [-0.2, -0.15) is 0 Å². The van der Waals surface area contributed by atoms with Gasteiger partial charge in [0.1, 0.15) is 6.23 Å². The van der Waals surface area contributed by atoms with Crippen LogP contribution in [0, 0.1) is 0 Å². The molecule has 0 saturated carbocycles. The minimum absolute atomic E-state index is 0.0126. The highest BCUT2D eigenvalue weighted by Gasteiger charge is 2.24. The molecule has 0 bridgehead atoms. The molecule has 1 heterocycles. The van der Waals surface area contributed by atoms with Gasteiger partial charge in [-0.25, -0.2) is 0 Å². The van der Waals surface area contributed by atoms with Crippen LogP contribution in [0.2, 0.25) is 5.02 Å². The highest BCUT2D eigenvalue weighted by molar-refractivity contribution is 6.30. The molecule has 1 fully saturated rings. The van der Waals surface area contributed by atoms with Crippen LogP contribution in [0.3, 0.4) is 0 Å². The lowest BCUT2D eigenvalue weighted by atomic mass is 10.2. The number of hydrogen-bond donors (Lipinski definition) is 1. The van der Waals surface area contributed by atoms with Crippen LogP contribution in [0.5, 0.6) is 0 Å². The monoisotopic (exact) mass is 211 g/mol. The Bertz CT molecular complexity index is 316. The first-order valence-corrected chi connectivity index (χ1v) is 5.31. The average molecular weight is 212 g/mol. The van der Waals surface area contributed by atoms with Gasteiger partial charge < -0.3 is 4.74 Å². The van der Waals surface area contributed by atoms with E-state index in [4.69, 9.17) is 16.3 Å². The van der Waals surface area contributed by atoms with Crippen molar-refractivity contribution < 1.29 is 4.74 Å². The van der Waals surface area contributed by atoms with Gasteiger partial charge in [0.05, 0.1) is 6.10 Å². The Kier molecular flexibility index (Phi) is 3.06. The van der Waals surface area contributed by atoms with Crippen molar-refractivity contribution in [3.8, 4) is 0 Å². The molecule has 0 amide bonds. The molecule has 2 unspecified atom stereocenters. The zero-order valence-corrected chi connectivity index (χ0v) is 8.92. The van der Waals surface area contributed by atoms with Gasteiger partial charge in [-0.15, -0.1) is 0 Å². The quantitative estimate of drug-likeness (QED) is 0.812. The highest BCUT2D eigenvalue weighted by Crippen LogP contribution is 2.24. The van der Waals surface area contributed by atoms with Gasteiger partial charge in [-0.3, -0.25) is 5.32 Å². The molecule has 0 radical (unpaired) electrons. The van der Waals surface area contributed by atoms with Crippen molar-refractivity contribution in [2.45, 2.75) is 25.7 Å². The molecule has 1 aromatic rings. The Morgan fingerprint density at radius 3 is 3.07 bits per heavy atom. The number of ether oxygens (including phenoxy) is 1. The van der Waals surface area contributed by atoms with Crippen LogP contribution in [0.25, 0.3) is 0 Å². The summed E-state index contributed by atoms with van der Waals surface area (Å²) >= 11 is 5.91. The molecule has 0 aliphatic carbocycles. The number of halogens is 1. The Morgan fingerprint density at radius 2 is 2.43 bits per heavy atom. The zero-order chi connectivity index (χ0) is 9.97. The lowest BCUT2D eigenvalue weighted by Gasteiger charge is -2.12. The SMILES string of the molecule is CCC1CNC(c2cccc(Cl)c2)O1. The minimum Gasteiger partial charge on any atom is -0.355 e. The van der Waals surface area contributed by atoms with Crippen molar-refractivity contribution in [2.24, 2.45) is 0 Å². The summed E-state index contributed by atoms with van der Waals surface area (Å²) in [6.07, 6.45) is 1.39. The highest BCUT2D eigenvalue weighted by atomic mass is 35.5. The molecule has 3 heteroatoms. The first-order chi connectivity index (χ1) is 6.79. The fourth-order valence-corrected chi connectivity index (χ4v) is 1.83. The van der Waals surface area contributed by atoms with E-state index in [2.05, 4.69) is 12.2 Å². The summed E-state index contributed by atoms with van der Waals surface area (Å²) in [4.78, 5) is 0. The molecule has 76 valence electrons. The van der Waals surface area contributed by atoms with Gasteiger partial charge >= 0.3 is 0 Å². The van der Waals surface area contributed by atoms with Gasteiger partial charge in [0.25, 0.3) is 0 Å². The molecule has 0 aromatic heterocycles. The van der Waals surface area contributed by atoms with E-state index in [1.165, 1.54) is 0 Å². The van der Waals surface area contributed by atoms with E-state index in [-0.39, 0.29) is 6.23 Å². The molecule has 0 spiro atoms. The van der Waals surface area contributed by atoms with Crippen molar-refractivity contribution in [1.29, 1.82) is 0 Å². The molecule has 14 heavy (non-hydrogen) atoms. The summed E-state index contributed by atoms with van der Waals surface area (Å²) in [5.41, 5.74) is 1.11. The number of benzene rings is 1. The molecular formula is C11H14ClNO. The third-order valence-electron chi connectivity index (χ3n) is 2.47. The van der Waals surface area contributed by atoms with Crippen LogP contribution in [0.1, 0.15) is 25.1 Å². The van der Waals surface area contributed by atoms with Gasteiger partial charge in [-0.1, -0.05) is 30.7 Å². The maximum absolute atomic E-state index is 5.91.